The van der Waals surface area contributed by atoms with E-state index in [4.69, 9.17) is 4.74 Å². The van der Waals surface area contributed by atoms with Crippen LogP contribution in [0.1, 0.15) is 77.6 Å². The second-order valence-corrected chi connectivity index (χ2v) is 6.72. The van der Waals surface area contributed by atoms with Crippen LogP contribution in [0.3, 0.4) is 0 Å². The summed E-state index contributed by atoms with van der Waals surface area (Å²) in [5.74, 6) is 4.23. The highest BCUT2D eigenvalue weighted by molar-refractivity contribution is 7.81. The molecule has 23 heavy (non-hydrogen) atoms. The Morgan fingerprint density at radius 2 is 1.43 bits per heavy atom. The third-order valence-electron chi connectivity index (χ3n) is 3.38. The molecule has 0 aliphatic carbocycles. The Balaban J connectivity index is 3.31. The number of hydrogen-bond donors (Lipinski definition) is 1. The number of hydrogen-bond acceptors (Lipinski definition) is 7. The first-order valence-corrected chi connectivity index (χ1v) is 9.78. The Labute approximate surface area is 140 Å². The van der Waals surface area contributed by atoms with Crippen molar-refractivity contribution in [2.24, 2.45) is 5.90 Å². The van der Waals surface area contributed by atoms with Crippen LogP contribution in [0.15, 0.2) is 0 Å². The van der Waals surface area contributed by atoms with Gasteiger partial charge in [-0.1, -0.05) is 58.3 Å². The van der Waals surface area contributed by atoms with Gasteiger partial charge >= 0.3 is 16.4 Å². The van der Waals surface area contributed by atoms with Crippen molar-refractivity contribution in [2.45, 2.75) is 77.6 Å². The van der Waals surface area contributed by atoms with Gasteiger partial charge in [-0.3, -0.25) is 4.79 Å². The van der Waals surface area contributed by atoms with E-state index in [1.807, 2.05) is 0 Å². The van der Waals surface area contributed by atoms with Crippen molar-refractivity contribution in [2.75, 3.05) is 13.2 Å². The number of nitrogens with two attached hydrogens (primary N) is 1. The van der Waals surface area contributed by atoms with Gasteiger partial charge in [0.1, 0.15) is 0 Å². The van der Waals surface area contributed by atoms with Crippen molar-refractivity contribution in [1.82, 2.24) is 0 Å². The number of rotatable bonds is 16. The van der Waals surface area contributed by atoms with Crippen molar-refractivity contribution >= 4 is 16.4 Å². The summed E-state index contributed by atoms with van der Waals surface area (Å²) in [4.78, 5) is 11.4. The predicted octanol–water partition coefficient (Wildman–Crippen LogP) is 2.99. The molecule has 0 saturated heterocycles. The van der Waals surface area contributed by atoms with Crippen LogP contribution < -0.4 is 5.90 Å². The summed E-state index contributed by atoms with van der Waals surface area (Å²) in [5, 5.41) is 0. The van der Waals surface area contributed by atoms with E-state index in [9.17, 15) is 13.2 Å². The van der Waals surface area contributed by atoms with E-state index in [2.05, 4.69) is 21.3 Å². The average Bonchev–Trinajstić information content (AvgIpc) is 2.53. The molecule has 0 aliphatic rings. The van der Waals surface area contributed by atoms with Gasteiger partial charge in [-0.05, 0) is 6.42 Å². The molecule has 0 atom stereocenters. The molecular formula is C15H31NO6S. The molecule has 0 aliphatic heterocycles. The van der Waals surface area contributed by atoms with E-state index in [1.54, 1.807) is 0 Å². The Morgan fingerprint density at radius 1 is 0.870 bits per heavy atom. The van der Waals surface area contributed by atoms with E-state index in [-0.39, 0.29) is 25.6 Å². The summed E-state index contributed by atoms with van der Waals surface area (Å²) >= 11 is 0. The molecule has 0 aromatic rings. The molecule has 0 saturated carbocycles. The number of carbonyl (C=O) groups excluding carboxylic acids is 1. The minimum Gasteiger partial charge on any atom is -0.466 e. The van der Waals surface area contributed by atoms with Crippen LogP contribution >= 0.6 is 0 Å². The van der Waals surface area contributed by atoms with E-state index >= 15 is 0 Å². The topological polar surface area (TPSA) is 105 Å². The van der Waals surface area contributed by atoms with Gasteiger partial charge in [0.2, 0.25) is 0 Å². The minimum atomic E-state index is -4.11. The molecule has 0 fully saturated rings. The third-order valence-corrected chi connectivity index (χ3v) is 4.07. The standard InChI is InChI=1S/C15H31NO6S/c1-2-3-4-5-6-7-8-9-10-12-15(17)20-13-11-14-21-23(18,19)22-16/h2-14,16H2,1H3. The fraction of sp³-hybridized carbons (Fsp3) is 0.933. The second-order valence-electron chi connectivity index (χ2n) is 5.48. The van der Waals surface area contributed by atoms with Crippen molar-refractivity contribution < 1.29 is 26.4 Å². The first-order chi connectivity index (χ1) is 11.0. The van der Waals surface area contributed by atoms with E-state index < -0.39 is 10.4 Å². The zero-order valence-corrected chi connectivity index (χ0v) is 14.9. The predicted molar refractivity (Wildman–Crippen MR) is 87.6 cm³/mol. The van der Waals surface area contributed by atoms with Gasteiger partial charge < -0.3 is 4.74 Å². The van der Waals surface area contributed by atoms with Gasteiger partial charge in [-0.2, -0.15) is 18.6 Å². The lowest BCUT2D eigenvalue weighted by Gasteiger charge is -2.05. The maximum absolute atomic E-state index is 11.4. The highest BCUT2D eigenvalue weighted by Gasteiger charge is 2.09. The maximum atomic E-state index is 11.4. The fourth-order valence-corrected chi connectivity index (χ4v) is 2.46. The zero-order chi connectivity index (χ0) is 17.4. The van der Waals surface area contributed by atoms with Crippen LogP contribution in [0.25, 0.3) is 0 Å². The average molecular weight is 353 g/mol. The van der Waals surface area contributed by atoms with Gasteiger partial charge in [0.05, 0.1) is 13.2 Å². The fourth-order valence-electron chi connectivity index (χ4n) is 2.09. The van der Waals surface area contributed by atoms with Gasteiger partial charge in [0.15, 0.2) is 0 Å². The Morgan fingerprint density at radius 3 is 2.00 bits per heavy atom. The molecule has 138 valence electrons. The smallest absolute Gasteiger partial charge is 0.415 e. The molecule has 0 spiro atoms. The molecule has 0 amide bonds. The molecule has 0 unspecified atom stereocenters. The van der Waals surface area contributed by atoms with Crippen LogP contribution in [-0.4, -0.2) is 27.6 Å². The Kier molecular flexibility index (Phi) is 14.4. The lowest BCUT2D eigenvalue weighted by Crippen LogP contribution is -2.16. The highest BCUT2D eigenvalue weighted by atomic mass is 32.3. The molecule has 8 heteroatoms. The van der Waals surface area contributed by atoms with Gasteiger partial charge in [-0.25, -0.2) is 4.18 Å². The number of esters is 1. The first kappa shape index (κ1) is 22.3. The molecule has 0 heterocycles. The molecule has 0 aromatic heterocycles. The van der Waals surface area contributed by atoms with Crippen LogP contribution in [0.5, 0.6) is 0 Å². The normalized spacial score (nSPS) is 11.6. The van der Waals surface area contributed by atoms with Gasteiger partial charge in [0, 0.05) is 12.8 Å². The van der Waals surface area contributed by atoms with Crippen LogP contribution in [0.2, 0.25) is 0 Å². The van der Waals surface area contributed by atoms with E-state index in [0.29, 0.717) is 6.42 Å². The van der Waals surface area contributed by atoms with Crippen LogP contribution in [0.4, 0.5) is 0 Å². The van der Waals surface area contributed by atoms with Crippen molar-refractivity contribution in [3.05, 3.63) is 0 Å². The molecule has 0 bridgehead atoms. The van der Waals surface area contributed by atoms with Crippen LogP contribution in [0, 0.1) is 0 Å². The van der Waals surface area contributed by atoms with E-state index in [1.165, 1.54) is 38.5 Å². The quantitative estimate of drug-likeness (QED) is 0.258. The van der Waals surface area contributed by atoms with Gasteiger partial charge in [-0.15, -0.1) is 0 Å². The van der Waals surface area contributed by atoms with Crippen molar-refractivity contribution in [3.63, 3.8) is 0 Å². The lowest BCUT2D eigenvalue weighted by atomic mass is 10.1. The molecule has 7 nitrogen and oxygen atoms in total. The largest absolute Gasteiger partial charge is 0.466 e. The minimum absolute atomic E-state index is 0.121. The van der Waals surface area contributed by atoms with Crippen molar-refractivity contribution in [3.8, 4) is 0 Å². The second kappa shape index (κ2) is 14.9. The van der Waals surface area contributed by atoms with E-state index in [0.717, 1.165) is 19.3 Å². The molecule has 0 aromatic carbocycles. The third kappa shape index (κ3) is 16.0. The highest BCUT2D eigenvalue weighted by Crippen LogP contribution is 2.10. The van der Waals surface area contributed by atoms with Crippen LogP contribution in [-0.2, 0) is 28.4 Å². The molecule has 2 N–H and O–H groups in total. The van der Waals surface area contributed by atoms with Crippen molar-refractivity contribution in [1.29, 1.82) is 0 Å². The summed E-state index contributed by atoms with van der Waals surface area (Å²) in [6.07, 6.45) is 11.4. The SMILES string of the molecule is CCCCCCCCCCCC(=O)OCCCOS(=O)(=O)ON. The summed E-state index contributed by atoms with van der Waals surface area (Å²) in [6, 6.07) is 0. The Bertz CT molecular complexity index is 385. The zero-order valence-electron chi connectivity index (χ0n) is 14.1. The lowest BCUT2D eigenvalue weighted by molar-refractivity contribution is -0.144. The maximum Gasteiger partial charge on any atom is 0.415 e. The summed E-state index contributed by atoms with van der Waals surface area (Å²) in [5.41, 5.74) is 0. The first-order valence-electron chi connectivity index (χ1n) is 8.45. The molecule has 0 radical (unpaired) electrons. The number of ether oxygens (including phenoxy) is 1. The monoisotopic (exact) mass is 353 g/mol. The summed E-state index contributed by atoms with van der Waals surface area (Å²) < 4.78 is 34.4. The summed E-state index contributed by atoms with van der Waals surface area (Å²) in [6.45, 7) is 2.20. The summed E-state index contributed by atoms with van der Waals surface area (Å²) in [7, 11) is -4.11. The molecule has 0 rings (SSSR count). The Hall–Kier alpha value is -0.700. The number of carbonyl (C=O) groups is 1. The van der Waals surface area contributed by atoms with Gasteiger partial charge in [0.25, 0.3) is 0 Å². The molecular weight excluding hydrogens is 322 g/mol. The number of unbranched alkanes of at least 4 members (excludes halogenated alkanes) is 8.